The fraction of sp³-hybridized carbons (Fsp3) is 0.800. The van der Waals surface area contributed by atoms with E-state index in [4.69, 9.17) is 0 Å². The molecule has 1 aliphatic rings. The van der Waals surface area contributed by atoms with Crippen molar-refractivity contribution in [2.75, 3.05) is 7.05 Å². The molecule has 1 heterocycles. The highest BCUT2D eigenvalue weighted by Gasteiger charge is 2.48. The summed E-state index contributed by atoms with van der Waals surface area (Å²) in [4.78, 5) is 0. The van der Waals surface area contributed by atoms with Gasteiger partial charge in [-0.25, -0.2) is 0 Å². The van der Waals surface area contributed by atoms with Crippen LogP contribution in [0.1, 0.15) is 50.6 Å². The van der Waals surface area contributed by atoms with E-state index in [0.29, 0.717) is 12.8 Å². The Labute approximate surface area is 123 Å². The third-order valence-electron chi connectivity index (χ3n) is 4.44. The predicted octanol–water partition coefficient (Wildman–Crippen LogP) is 3.92. The van der Waals surface area contributed by atoms with Gasteiger partial charge in [-0.3, -0.25) is 4.68 Å². The van der Waals surface area contributed by atoms with Crippen LogP contribution >= 0.6 is 0 Å². The molecule has 1 N–H and O–H groups in total. The molecule has 3 unspecified atom stereocenters. The Hall–Kier alpha value is -1.04. The molecule has 3 atom stereocenters. The van der Waals surface area contributed by atoms with Gasteiger partial charge in [-0.15, -0.1) is 0 Å². The first-order valence-electron chi connectivity index (χ1n) is 7.73. The lowest BCUT2D eigenvalue weighted by atomic mass is 9.73. The average Bonchev–Trinajstić information content (AvgIpc) is 2.88. The molecule has 0 radical (unpaired) electrons. The zero-order valence-electron chi connectivity index (χ0n) is 12.7. The molecule has 1 aromatic rings. The second-order valence-corrected chi connectivity index (χ2v) is 5.90. The molecule has 6 heteroatoms. The van der Waals surface area contributed by atoms with Crippen molar-refractivity contribution in [2.45, 2.75) is 57.8 Å². The van der Waals surface area contributed by atoms with Crippen molar-refractivity contribution in [3.8, 4) is 0 Å². The van der Waals surface area contributed by atoms with Crippen LogP contribution in [0, 0.1) is 11.8 Å². The summed E-state index contributed by atoms with van der Waals surface area (Å²) >= 11 is 0. The minimum atomic E-state index is -4.11. The standard InChI is InChI=1S/C15H24F3N3/c1-3-8-21-10-11(9-20-21)14(19-2)12-6-4-5-7-13(12)15(16,17)18/h9-10,12-14,19H,3-8H2,1-2H3. The normalized spacial score (nSPS) is 25.0. The average molecular weight is 303 g/mol. The van der Waals surface area contributed by atoms with E-state index in [1.54, 1.807) is 13.2 Å². The maximum absolute atomic E-state index is 13.3. The van der Waals surface area contributed by atoms with Gasteiger partial charge in [0.05, 0.1) is 12.1 Å². The Morgan fingerprint density at radius 3 is 2.71 bits per heavy atom. The van der Waals surface area contributed by atoms with Crippen LogP contribution in [0.15, 0.2) is 12.4 Å². The SMILES string of the molecule is CCCn1cc(C(NC)C2CCCCC2C(F)(F)F)cn1. The van der Waals surface area contributed by atoms with Crippen LogP contribution in [0.3, 0.4) is 0 Å². The molecule has 0 aliphatic heterocycles. The Balaban J connectivity index is 2.21. The summed E-state index contributed by atoms with van der Waals surface area (Å²) in [7, 11) is 1.74. The molecule has 120 valence electrons. The monoisotopic (exact) mass is 303 g/mol. The number of nitrogens with one attached hydrogen (secondary N) is 1. The van der Waals surface area contributed by atoms with Crippen LogP contribution in [0.5, 0.6) is 0 Å². The maximum atomic E-state index is 13.3. The van der Waals surface area contributed by atoms with Crippen molar-refractivity contribution < 1.29 is 13.2 Å². The van der Waals surface area contributed by atoms with Crippen LogP contribution < -0.4 is 5.32 Å². The molecule has 0 bridgehead atoms. The summed E-state index contributed by atoms with van der Waals surface area (Å²) in [5, 5.41) is 7.34. The molecule has 1 fully saturated rings. The van der Waals surface area contributed by atoms with E-state index >= 15 is 0 Å². The van der Waals surface area contributed by atoms with Crippen molar-refractivity contribution >= 4 is 0 Å². The summed E-state index contributed by atoms with van der Waals surface area (Å²) in [5.41, 5.74) is 0.868. The highest BCUT2D eigenvalue weighted by molar-refractivity contribution is 5.13. The number of rotatable bonds is 5. The van der Waals surface area contributed by atoms with Crippen LogP contribution in [0.25, 0.3) is 0 Å². The van der Waals surface area contributed by atoms with Crippen LogP contribution in [0.4, 0.5) is 13.2 Å². The number of hydrogen-bond donors (Lipinski definition) is 1. The van der Waals surface area contributed by atoms with E-state index in [-0.39, 0.29) is 12.5 Å². The zero-order chi connectivity index (χ0) is 15.5. The van der Waals surface area contributed by atoms with Crippen molar-refractivity contribution in [3.05, 3.63) is 18.0 Å². The van der Waals surface area contributed by atoms with Crippen molar-refractivity contribution in [1.82, 2.24) is 15.1 Å². The van der Waals surface area contributed by atoms with E-state index in [0.717, 1.165) is 24.9 Å². The first-order chi connectivity index (χ1) is 9.97. The lowest BCUT2D eigenvalue weighted by molar-refractivity contribution is -0.199. The van der Waals surface area contributed by atoms with E-state index in [1.165, 1.54) is 0 Å². The summed E-state index contributed by atoms with van der Waals surface area (Å²) in [6.07, 6.45) is 2.85. The summed E-state index contributed by atoms with van der Waals surface area (Å²) in [6.45, 7) is 2.85. The van der Waals surface area contributed by atoms with Gasteiger partial charge in [0.15, 0.2) is 0 Å². The van der Waals surface area contributed by atoms with Crippen molar-refractivity contribution in [3.63, 3.8) is 0 Å². The Bertz CT molecular complexity index is 442. The number of hydrogen-bond acceptors (Lipinski definition) is 2. The Kier molecular flexibility index (Phi) is 5.30. The predicted molar refractivity (Wildman–Crippen MR) is 75.8 cm³/mol. The highest BCUT2D eigenvalue weighted by atomic mass is 19.4. The lowest BCUT2D eigenvalue weighted by Crippen LogP contribution is -2.39. The van der Waals surface area contributed by atoms with Gasteiger partial charge < -0.3 is 5.32 Å². The number of halogens is 3. The molecule has 21 heavy (non-hydrogen) atoms. The fourth-order valence-corrected chi connectivity index (χ4v) is 3.48. The van der Waals surface area contributed by atoms with Crippen molar-refractivity contribution in [2.24, 2.45) is 11.8 Å². The van der Waals surface area contributed by atoms with Gasteiger partial charge in [0.1, 0.15) is 0 Å². The summed E-state index contributed by atoms with van der Waals surface area (Å²) in [6, 6.07) is -0.275. The van der Waals surface area contributed by atoms with Crippen molar-refractivity contribution in [1.29, 1.82) is 0 Å². The number of aromatic nitrogens is 2. The van der Waals surface area contributed by atoms with Gasteiger partial charge >= 0.3 is 6.18 Å². The van der Waals surface area contributed by atoms with Crippen LogP contribution in [-0.2, 0) is 6.54 Å². The Morgan fingerprint density at radius 2 is 2.10 bits per heavy atom. The second-order valence-electron chi connectivity index (χ2n) is 5.90. The lowest BCUT2D eigenvalue weighted by Gasteiger charge is -2.37. The summed E-state index contributed by atoms with van der Waals surface area (Å²) < 4.78 is 41.7. The molecule has 2 rings (SSSR count). The maximum Gasteiger partial charge on any atom is 0.392 e. The quantitative estimate of drug-likeness (QED) is 0.893. The summed E-state index contributed by atoms with van der Waals surface area (Å²) in [5.74, 6) is -1.61. The molecule has 0 aromatic carbocycles. The van der Waals surface area contributed by atoms with E-state index in [9.17, 15) is 13.2 Å². The number of alkyl halides is 3. The van der Waals surface area contributed by atoms with Crippen LogP contribution in [0.2, 0.25) is 0 Å². The van der Waals surface area contributed by atoms with Gasteiger partial charge in [-0.2, -0.15) is 18.3 Å². The van der Waals surface area contributed by atoms with Gasteiger partial charge in [-0.05, 0) is 32.2 Å². The molecular formula is C15H24F3N3. The Morgan fingerprint density at radius 1 is 1.38 bits per heavy atom. The topological polar surface area (TPSA) is 29.9 Å². The van der Waals surface area contributed by atoms with E-state index < -0.39 is 18.0 Å². The third-order valence-corrected chi connectivity index (χ3v) is 4.44. The molecule has 3 nitrogen and oxygen atoms in total. The largest absolute Gasteiger partial charge is 0.392 e. The minimum absolute atomic E-state index is 0.245. The minimum Gasteiger partial charge on any atom is -0.313 e. The molecule has 1 saturated carbocycles. The van der Waals surface area contributed by atoms with Crippen LogP contribution in [-0.4, -0.2) is 23.0 Å². The van der Waals surface area contributed by atoms with Gasteiger partial charge in [-0.1, -0.05) is 19.8 Å². The zero-order valence-corrected chi connectivity index (χ0v) is 12.7. The molecule has 0 saturated heterocycles. The van der Waals surface area contributed by atoms with Gasteiger partial charge in [0.2, 0.25) is 0 Å². The van der Waals surface area contributed by atoms with Gasteiger partial charge in [0, 0.05) is 24.3 Å². The fourth-order valence-electron chi connectivity index (χ4n) is 3.48. The highest BCUT2D eigenvalue weighted by Crippen LogP contribution is 2.46. The van der Waals surface area contributed by atoms with E-state index in [2.05, 4.69) is 17.3 Å². The first-order valence-corrected chi connectivity index (χ1v) is 7.73. The molecular weight excluding hydrogens is 279 g/mol. The molecule has 1 aromatic heterocycles. The molecule has 1 aliphatic carbocycles. The molecule has 0 spiro atoms. The smallest absolute Gasteiger partial charge is 0.313 e. The van der Waals surface area contributed by atoms with E-state index in [1.807, 2.05) is 10.9 Å². The van der Waals surface area contributed by atoms with Gasteiger partial charge in [0.25, 0.3) is 0 Å². The second kappa shape index (κ2) is 6.81. The molecule has 0 amide bonds. The third kappa shape index (κ3) is 3.78. The number of aryl methyl sites for hydroxylation is 1. The number of nitrogens with zero attached hydrogens (tertiary/aromatic N) is 2. The first kappa shape index (κ1) is 16.3.